The first-order valence-corrected chi connectivity index (χ1v) is 10.5. The number of hydrogen-bond acceptors (Lipinski definition) is 6. The van der Waals surface area contributed by atoms with Gasteiger partial charge in [0.25, 0.3) is 5.91 Å². The molecule has 0 saturated carbocycles. The van der Waals surface area contributed by atoms with Gasteiger partial charge in [-0.2, -0.15) is 0 Å². The minimum atomic E-state index is -0.353. The third-order valence-electron chi connectivity index (χ3n) is 3.68. The highest BCUT2D eigenvalue weighted by Crippen LogP contribution is 2.26. The molecule has 0 unspecified atom stereocenters. The van der Waals surface area contributed by atoms with Crippen molar-refractivity contribution in [3.8, 4) is 0 Å². The van der Waals surface area contributed by atoms with Gasteiger partial charge >= 0.3 is 0 Å². The summed E-state index contributed by atoms with van der Waals surface area (Å²) < 4.78 is 0.597. The van der Waals surface area contributed by atoms with E-state index in [1.54, 1.807) is 24.3 Å². The summed E-state index contributed by atoms with van der Waals surface area (Å²) in [6.07, 6.45) is 0. The van der Waals surface area contributed by atoms with Crippen LogP contribution in [0.2, 0.25) is 5.02 Å². The Bertz CT molecular complexity index is 976. The Kier molecular flexibility index (Phi) is 7.02. The zero-order valence-electron chi connectivity index (χ0n) is 14.9. The van der Waals surface area contributed by atoms with Crippen LogP contribution in [0.4, 0.5) is 5.13 Å². The summed E-state index contributed by atoms with van der Waals surface area (Å²) in [5, 5.41) is 14.2. The molecule has 0 spiro atoms. The molecule has 0 saturated heterocycles. The van der Waals surface area contributed by atoms with Crippen LogP contribution in [0.3, 0.4) is 0 Å². The maximum atomic E-state index is 12.2. The maximum absolute atomic E-state index is 12.2. The number of carbonyl (C=O) groups excluding carboxylic acids is 2. The van der Waals surface area contributed by atoms with E-state index in [0.29, 0.717) is 26.6 Å². The van der Waals surface area contributed by atoms with Crippen LogP contribution in [0.1, 0.15) is 21.5 Å². The van der Waals surface area contributed by atoms with E-state index < -0.39 is 0 Å². The molecule has 2 N–H and O–H groups in total. The zero-order chi connectivity index (χ0) is 19.9. The number of hydrogen-bond donors (Lipinski definition) is 2. The highest BCUT2D eigenvalue weighted by molar-refractivity contribution is 8.01. The Balaban J connectivity index is 1.46. The molecule has 2 aromatic carbocycles. The number of carbonyl (C=O) groups is 2. The molecule has 1 aromatic heterocycles. The van der Waals surface area contributed by atoms with Gasteiger partial charge < -0.3 is 5.32 Å². The Morgan fingerprint density at radius 3 is 2.61 bits per heavy atom. The lowest BCUT2D eigenvalue weighted by atomic mass is 10.1. The normalized spacial score (nSPS) is 10.5. The summed E-state index contributed by atoms with van der Waals surface area (Å²) in [7, 11) is 0. The minimum Gasteiger partial charge on any atom is -0.351 e. The lowest BCUT2D eigenvalue weighted by Gasteiger charge is -2.04. The molecular weight excluding hydrogens is 416 g/mol. The van der Waals surface area contributed by atoms with Crippen LogP contribution in [-0.4, -0.2) is 27.8 Å². The number of thioether (sulfide) groups is 1. The topological polar surface area (TPSA) is 84.0 Å². The number of aromatic nitrogens is 2. The first kappa shape index (κ1) is 20.3. The molecule has 9 heteroatoms. The van der Waals surface area contributed by atoms with E-state index in [2.05, 4.69) is 20.8 Å². The third-order valence-corrected chi connectivity index (χ3v) is 5.98. The first-order valence-electron chi connectivity index (χ1n) is 8.35. The molecule has 0 aliphatic rings. The predicted molar refractivity (Wildman–Crippen MR) is 113 cm³/mol. The number of aryl methyl sites for hydroxylation is 1. The molecule has 3 aromatic rings. The molecule has 0 radical (unpaired) electrons. The number of anilines is 1. The lowest BCUT2D eigenvalue weighted by Crippen LogP contribution is -2.24. The summed E-state index contributed by atoms with van der Waals surface area (Å²) >= 11 is 8.49. The fraction of sp³-hybridized carbons (Fsp3) is 0.158. The van der Waals surface area contributed by atoms with E-state index in [1.807, 2.05) is 31.2 Å². The van der Waals surface area contributed by atoms with Gasteiger partial charge in [0, 0.05) is 6.54 Å². The van der Waals surface area contributed by atoms with Crippen LogP contribution >= 0.6 is 34.7 Å². The molecule has 2 amide bonds. The summed E-state index contributed by atoms with van der Waals surface area (Å²) in [4.78, 5) is 24.2. The number of halogens is 1. The van der Waals surface area contributed by atoms with Gasteiger partial charge in [0.15, 0.2) is 4.34 Å². The van der Waals surface area contributed by atoms with Gasteiger partial charge in [-0.1, -0.05) is 76.7 Å². The summed E-state index contributed by atoms with van der Waals surface area (Å²) in [6, 6.07) is 14.8. The second kappa shape index (κ2) is 9.68. The molecule has 1 heterocycles. The summed E-state index contributed by atoms with van der Waals surface area (Å²) in [5.74, 6) is -0.226. The van der Waals surface area contributed by atoms with Crippen molar-refractivity contribution in [1.29, 1.82) is 0 Å². The highest BCUT2D eigenvalue weighted by Gasteiger charge is 2.13. The number of nitrogens with one attached hydrogen (secondary N) is 2. The van der Waals surface area contributed by atoms with Crippen LogP contribution in [0.25, 0.3) is 0 Å². The van der Waals surface area contributed by atoms with Crippen LogP contribution in [0.5, 0.6) is 0 Å². The molecule has 0 bridgehead atoms. The molecule has 0 aliphatic carbocycles. The smallest absolute Gasteiger partial charge is 0.259 e. The molecule has 28 heavy (non-hydrogen) atoms. The van der Waals surface area contributed by atoms with Crippen molar-refractivity contribution >= 4 is 51.6 Å². The Labute approximate surface area is 175 Å². The number of benzene rings is 2. The van der Waals surface area contributed by atoms with Crippen molar-refractivity contribution in [3.63, 3.8) is 0 Å². The van der Waals surface area contributed by atoms with Gasteiger partial charge in [-0.25, -0.2) is 0 Å². The molecule has 144 valence electrons. The average Bonchev–Trinajstić information content (AvgIpc) is 3.13. The summed E-state index contributed by atoms with van der Waals surface area (Å²) in [6.45, 7) is 2.50. The zero-order valence-corrected chi connectivity index (χ0v) is 17.3. The van der Waals surface area contributed by atoms with E-state index in [1.165, 1.54) is 28.7 Å². The largest absolute Gasteiger partial charge is 0.351 e. The third kappa shape index (κ3) is 5.79. The van der Waals surface area contributed by atoms with Crippen molar-refractivity contribution in [2.24, 2.45) is 0 Å². The van der Waals surface area contributed by atoms with Crippen molar-refractivity contribution in [2.45, 2.75) is 17.8 Å². The number of rotatable bonds is 7. The van der Waals surface area contributed by atoms with Gasteiger partial charge in [-0.3, -0.25) is 14.9 Å². The monoisotopic (exact) mass is 432 g/mol. The van der Waals surface area contributed by atoms with Crippen molar-refractivity contribution in [3.05, 3.63) is 70.2 Å². The first-order chi connectivity index (χ1) is 13.5. The van der Waals surface area contributed by atoms with Gasteiger partial charge in [-0.15, -0.1) is 10.2 Å². The van der Waals surface area contributed by atoms with E-state index in [4.69, 9.17) is 11.6 Å². The summed E-state index contributed by atoms with van der Waals surface area (Å²) in [5.41, 5.74) is 2.59. The van der Waals surface area contributed by atoms with Gasteiger partial charge in [0.05, 0.1) is 16.3 Å². The molecule has 0 fully saturated rings. The average molecular weight is 433 g/mol. The quantitative estimate of drug-likeness (QED) is 0.432. The van der Waals surface area contributed by atoms with Crippen molar-refractivity contribution in [1.82, 2.24) is 15.5 Å². The van der Waals surface area contributed by atoms with Crippen molar-refractivity contribution < 1.29 is 9.59 Å². The van der Waals surface area contributed by atoms with Crippen LogP contribution in [0, 0.1) is 6.92 Å². The second-order valence-electron chi connectivity index (χ2n) is 5.86. The fourth-order valence-corrected chi connectivity index (χ4v) is 4.01. The Hall–Kier alpha value is -2.42. The van der Waals surface area contributed by atoms with E-state index in [-0.39, 0.29) is 17.6 Å². The van der Waals surface area contributed by atoms with Gasteiger partial charge in [-0.05, 0) is 24.6 Å². The fourth-order valence-electron chi connectivity index (χ4n) is 2.21. The lowest BCUT2D eigenvalue weighted by molar-refractivity contribution is -0.118. The van der Waals surface area contributed by atoms with E-state index >= 15 is 0 Å². The number of amides is 2. The molecular formula is C19H17ClN4O2S2. The SMILES string of the molecule is Cc1ccc(CNC(=O)CSc2nnc(NC(=O)c3ccccc3Cl)s2)cc1. The molecule has 6 nitrogen and oxygen atoms in total. The van der Waals surface area contributed by atoms with Crippen molar-refractivity contribution in [2.75, 3.05) is 11.1 Å². The molecule has 3 rings (SSSR count). The van der Waals surface area contributed by atoms with E-state index in [9.17, 15) is 9.59 Å². The van der Waals surface area contributed by atoms with Crippen LogP contribution < -0.4 is 10.6 Å². The minimum absolute atomic E-state index is 0.0950. The highest BCUT2D eigenvalue weighted by atomic mass is 35.5. The predicted octanol–water partition coefficient (Wildman–Crippen LogP) is 4.16. The van der Waals surface area contributed by atoms with E-state index in [0.717, 1.165) is 5.56 Å². The standard InChI is InChI=1S/C19H17ClN4O2S2/c1-12-6-8-13(9-7-12)10-21-16(25)11-27-19-24-23-18(28-19)22-17(26)14-4-2-3-5-15(14)20/h2-9H,10-11H2,1H3,(H,21,25)(H,22,23,26). The Morgan fingerprint density at radius 2 is 1.86 bits per heavy atom. The Morgan fingerprint density at radius 1 is 1.11 bits per heavy atom. The van der Waals surface area contributed by atoms with Gasteiger partial charge in [0.1, 0.15) is 0 Å². The van der Waals surface area contributed by atoms with Gasteiger partial charge in [0.2, 0.25) is 11.0 Å². The maximum Gasteiger partial charge on any atom is 0.259 e. The number of nitrogens with zero attached hydrogens (tertiary/aromatic N) is 2. The van der Waals surface area contributed by atoms with Crippen LogP contribution in [0.15, 0.2) is 52.9 Å². The second-order valence-corrected chi connectivity index (χ2v) is 8.47. The molecule has 0 aliphatic heterocycles. The molecule has 0 atom stereocenters. The van der Waals surface area contributed by atoms with Crippen LogP contribution in [-0.2, 0) is 11.3 Å².